The smallest absolute Gasteiger partial charge is 0.144 e. The second kappa shape index (κ2) is 6.34. The van der Waals surface area contributed by atoms with Crippen LogP contribution < -0.4 is 4.90 Å². The number of anilines is 1. The highest BCUT2D eigenvalue weighted by Gasteiger charge is 2.53. The molecule has 0 spiro atoms. The van der Waals surface area contributed by atoms with Gasteiger partial charge in [0.05, 0.1) is 17.9 Å². The number of benzene rings is 1. The molecule has 1 aromatic rings. The number of fused-ring (bicyclic) bond motifs is 1. The van der Waals surface area contributed by atoms with Gasteiger partial charge in [-0.2, -0.15) is 17.0 Å². The number of hydrogen-bond donors (Lipinski definition) is 3. The molecule has 2 atom stereocenters. The summed E-state index contributed by atoms with van der Waals surface area (Å²) in [5, 5.41) is 37.4. The van der Waals surface area contributed by atoms with E-state index in [0.717, 1.165) is 5.69 Å². The molecule has 0 fully saturated rings. The maximum absolute atomic E-state index is 10.1. The molecule has 3 rings (SSSR count). The van der Waals surface area contributed by atoms with Crippen LogP contribution in [0.4, 0.5) is 5.69 Å². The molecule has 0 aromatic heterocycles. The van der Waals surface area contributed by atoms with Gasteiger partial charge in [-0.1, -0.05) is 18.2 Å². The number of hydrogen-bond acceptors (Lipinski definition) is 5. The van der Waals surface area contributed by atoms with Crippen LogP contribution in [0.3, 0.4) is 0 Å². The molecule has 1 aromatic carbocycles. The molecular weight excluding hydrogens is 322 g/mol. The number of para-hydroxylation sites is 1. The zero-order valence-electron chi connectivity index (χ0n) is 13.4. The van der Waals surface area contributed by atoms with E-state index in [0.29, 0.717) is 23.3 Å². The molecule has 5 nitrogen and oxygen atoms in total. The Bertz CT molecular complexity index is 766. The molecule has 6 heteroatoms. The van der Waals surface area contributed by atoms with E-state index in [1.165, 1.54) is 0 Å². The summed E-state index contributed by atoms with van der Waals surface area (Å²) in [6, 6.07) is 11.7. The predicted molar refractivity (Wildman–Crippen MR) is 96.4 cm³/mol. The molecule has 0 saturated heterocycles. The number of allylic oxidation sites excluding steroid dienone is 1. The van der Waals surface area contributed by atoms with E-state index in [1.807, 2.05) is 42.2 Å². The average molecular weight is 341 g/mol. The van der Waals surface area contributed by atoms with E-state index < -0.39 is 5.54 Å². The van der Waals surface area contributed by atoms with Crippen LogP contribution in [0.15, 0.2) is 53.3 Å². The molecule has 0 radical (unpaired) electrons. The highest BCUT2D eigenvalue weighted by atomic mass is 32.2. The highest BCUT2D eigenvalue weighted by molar-refractivity contribution is 8.00. The van der Waals surface area contributed by atoms with Gasteiger partial charge in [0, 0.05) is 28.7 Å². The quantitative estimate of drug-likeness (QED) is 0.783. The fraction of sp³-hybridized carbons (Fsp3) is 0.333. The minimum Gasteiger partial charge on any atom is -0.512 e. The summed E-state index contributed by atoms with van der Waals surface area (Å²) < 4.78 is 0. The van der Waals surface area contributed by atoms with Gasteiger partial charge in [-0.05, 0) is 25.1 Å². The standard InChI is InChI=1S/C18H19N3O2S/c1-18-15(9-13(23)10-16(18)24-8-7-22)14(11-19)17(20)21(18)12-5-3-2-4-6-12/h2-6,9,16,20,22-23H,7-8,10H2,1H3. The van der Waals surface area contributed by atoms with Crippen LogP contribution in [0, 0.1) is 16.7 Å². The van der Waals surface area contributed by atoms with E-state index >= 15 is 0 Å². The molecule has 3 N–H and O–H groups in total. The lowest BCUT2D eigenvalue weighted by atomic mass is 9.81. The van der Waals surface area contributed by atoms with Crippen molar-refractivity contribution in [1.29, 1.82) is 10.7 Å². The van der Waals surface area contributed by atoms with Crippen molar-refractivity contribution in [2.45, 2.75) is 24.1 Å². The van der Waals surface area contributed by atoms with Crippen molar-refractivity contribution in [3.63, 3.8) is 0 Å². The van der Waals surface area contributed by atoms with Crippen LogP contribution in [-0.2, 0) is 0 Å². The van der Waals surface area contributed by atoms with Crippen LogP contribution >= 0.6 is 11.8 Å². The van der Waals surface area contributed by atoms with Crippen LogP contribution in [0.25, 0.3) is 0 Å². The lowest BCUT2D eigenvalue weighted by Gasteiger charge is -2.45. The van der Waals surface area contributed by atoms with Crippen molar-refractivity contribution >= 4 is 23.3 Å². The number of aliphatic hydroxyl groups excluding tert-OH is 2. The third-order valence-electron chi connectivity index (χ3n) is 4.61. The maximum atomic E-state index is 10.1. The molecule has 0 saturated carbocycles. The number of rotatable bonds is 4. The summed E-state index contributed by atoms with van der Waals surface area (Å²) in [5.74, 6) is 0.911. The number of aliphatic hydroxyl groups is 2. The minimum absolute atomic E-state index is 0.0503. The summed E-state index contributed by atoms with van der Waals surface area (Å²) in [5.41, 5.74) is 1.20. The Morgan fingerprint density at radius 1 is 1.42 bits per heavy atom. The Hall–Kier alpha value is -2.23. The molecule has 124 valence electrons. The molecule has 1 heterocycles. The van der Waals surface area contributed by atoms with Crippen molar-refractivity contribution in [3.8, 4) is 6.07 Å². The zero-order chi connectivity index (χ0) is 17.3. The third kappa shape index (κ3) is 2.41. The summed E-state index contributed by atoms with van der Waals surface area (Å²) in [6.45, 7) is 2.06. The third-order valence-corrected chi connectivity index (χ3v) is 6.05. The van der Waals surface area contributed by atoms with Gasteiger partial charge in [0.25, 0.3) is 0 Å². The molecule has 0 amide bonds. The topological polar surface area (TPSA) is 91.3 Å². The predicted octanol–water partition coefficient (Wildman–Crippen LogP) is 3.00. The average Bonchev–Trinajstić information content (AvgIpc) is 2.80. The largest absolute Gasteiger partial charge is 0.512 e. The van der Waals surface area contributed by atoms with Gasteiger partial charge in [-0.3, -0.25) is 5.41 Å². The molecule has 24 heavy (non-hydrogen) atoms. The first-order valence-electron chi connectivity index (χ1n) is 7.75. The lowest BCUT2D eigenvalue weighted by molar-refractivity contribution is 0.321. The van der Waals surface area contributed by atoms with Gasteiger partial charge < -0.3 is 15.1 Å². The number of nitriles is 1. The number of nitrogens with zero attached hydrogens (tertiary/aromatic N) is 2. The first-order chi connectivity index (χ1) is 11.5. The molecule has 1 aliphatic carbocycles. The van der Waals surface area contributed by atoms with Crippen LogP contribution in [0.5, 0.6) is 0 Å². The van der Waals surface area contributed by atoms with E-state index in [9.17, 15) is 15.5 Å². The fourth-order valence-corrected chi connectivity index (χ4v) is 4.73. The summed E-state index contributed by atoms with van der Waals surface area (Å²) >= 11 is 1.56. The van der Waals surface area contributed by atoms with Gasteiger partial charge in [0.1, 0.15) is 17.5 Å². The fourth-order valence-electron chi connectivity index (χ4n) is 3.50. The van der Waals surface area contributed by atoms with E-state index in [1.54, 1.807) is 17.8 Å². The highest BCUT2D eigenvalue weighted by Crippen LogP contribution is 2.49. The molecule has 0 bridgehead atoms. The van der Waals surface area contributed by atoms with Crippen LogP contribution in [0.2, 0.25) is 0 Å². The molecular formula is C18H19N3O2S. The van der Waals surface area contributed by atoms with Crippen molar-refractivity contribution in [3.05, 3.63) is 53.3 Å². The van der Waals surface area contributed by atoms with Gasteiger partial charge in [0.2, 0.25) is 0 Å². The first kappa shape index (κ1) is 16.6. The monoisotopic (exact) mass is 341 g/mol. The van der Waals surface area contributed by atoms with Crippen molar-refractivity contribution in [2.24, 2.45) is 0 Å². The minimum atomic E-state index is -0.616. The molecule has 2 aliphatic rings. The number of amidine groups is 1. The maximum Gasteiger partial charge on any atom is 0.144 e. The molecule has 2 unspecified atom stereocenters. The SMILES string of the molecule is CC12C(=C(C#N)C(=N)N1c1ccccc1)C=C(O)CC2SCCO. The summed E-state index contributed by atoms with van der Waals surface area (Å²) in [4.78, 5) is 1.87. The van der Waals surface area contributed by atoms with Crippen molar-refractivity contribution in [2.75, 3.05) is 17.3 Å². The lowest BCUT2D eigenvalue weighted by Crippen LogP contribution is -2.54. The number of thioether (sulfide) groups is 1. The van der Waals surface area contributed by atoms with Crippen molar-refractivity contribution in [1.82, 2.24) is 0 Å². The Morgan fingerprint density at radius 2 is 2.12 bits per heavy atom. The van der Waals surface area contributed by atoms with Crippen molar-refractivity contribution < 1.29 is 10.2 Å². The second-order valence-corrected chi connectivity index (χ2v) is 7.30. The normalized spacial score (nSPS) is 26.2. The summed E-state index contributed by atoms with van der Waals surface area (Å²) in [7, 11) is 0. The second-order valence-electron chi connectivity index (χ2n) is 5.99. The van der Waals surface area contributed by atoms with E-state index in [-0.39, 0.29) is 23.5 Å². The number of nitrogens with one attached hydrogen (secondary N) is 1. The first-order valence-corrected chi connectivity index (χ1v) is 8.80. The Balaban J connectivity index is 2.17. The zero-order valence-corrected chi connectivity index (χ0v) is 14.2. The Labute approximate surface area is 145 Å². The van der Waals surface area contributed by atoms with Gasteiger partial charge in [0.15, 0.2) is 0 Å². The van der Waals surface area contributed by atoms with Gasteiger partial charge >= 0.3 is 0 Å². The summed E-state index contributed by atoms with van der Waals surface area (Å²) in [6.07, 6.45) is 2.08. The Kier molecular flexibility index (Phi) is 4.39. The van der Waals surface area contributed by atoms with Gasteiger partial charge in [-0.25, -0.2) is 0 Å². The Morgan fingerprint density at radius 3 is 2.75 bits per heavy atom. The van der Waals surface area contributed by atoms with E-state index in [4.69, 9.17) is 5.41 Å². The van der Waals surface area contributed by atoms with Crippen LogP contribution in [-0.4, -0.2) is 39.2 Å². The van der Waals surface area contributed by atoms with Gasteiger partial charge in [-0.15, -0.1) is 0 Å². The molecule has 1 aliphatic heterocycles. The van der Waals surface area contributed by atoms with Crippen LogP contribution in [0.1, 0.15) is 13.3 Å². The van der Waals surface area contributed by atoms with E-state index in [2.05, 4.69) is 6.07 Å².